The molecule has 0 atom stereocenters. The molecule has 2 rings (SSSR count). The van der Waals surface area contributed by atoms with Crippen molar-refractivity contribution in [1.82, 2.24) is 0 Å². The van der Waals surface area contributed by atoms with Crippen LogP contribution in [0.5, 0.6) is 0 Å². The Morgan fingerprint density at radius 2 is 1.52 bits per heavy atom. The Hall–Kier alpha value is -1.15. The normalized spacial score (nSPS) is 10.5. The van der Waals surface area contributed by atoms with Gasteiger partial charge in [0.2, 0.25) is 0 Å². The van der Waals surface area contributed by atoms with Gasteiger partial charge in [0.1, 0.15) is 17.7 Å². The Balaban J connectivity index is 2.31. The summed E-state index contributed by atoms with van der Waals surface area (Å²) in [4.78, 5) is 3.74. The molecule has 0 aliphatic carbocycles. The molecular formula is C24H29IN2S2. The van der Waals surface area contributed by atoms with Gasteiger partial charge in [-0.1, -0.05) is 52.4 Å². The molecule has 5 heteroatoms. The van der Waals surface area contributed by atoms with Gasteiger partial charge in [-0.05, 0) is 77.6 Å². The highest BCUT2D eigenvalue weighted by Crippen LogP contribution is 2.41. The minimum Gasteiger partial charge on any atom is -0.192 e. The van der Waals surface area contributed by atoms with E-state index in [2.05, 4.69) is 48.6 Å². The van der Waals surface area contributed by atoms with Crippen LogP contribution in [0.2, 0.25) is 0 Å². The van der Waals surface area contributed by atoms with Crippen LogP contribution in [0.25, 0.3) is 15.8 Å². The molecule has 0 bridgehead atoms. The summed E-state index contributed by atoms with van der Waals surface area (Å²) in [5.74, 6) is 0. The SMILES string of the molecule is CCCCCCc1cc(-c2sc(I)cc2CCCCCC)sc1C=C(C#N)C#N. The van der Waals surface area contributed by atoms with Crippen LogP contribution in [0.3, 0.4) is 0 Å². The number of hydrogen-bond acceptors (Lipinski definition) is 4. The van der Waals surface area contributed by atoms with Crippen LogP contribution < -0.4 is 0 Å². The number of hydrogen-bond donors (Lipinski definition) is 0. The van der Waals surface area contributed by atoms with Crippen molar-refractivity contribution >= 4 is 51.3 Å². The summed E-state index contributed by atoms with van der Waals surface area (Å²) >= 11 is 6.02. The van der Waals surface area contributed by atoms with Gasteiger partial charge < -0.3 is 0 Å². The summed E-state index contributed by atoms with van der Waals surface area (Å²) in [6, 6.07) is 8.68. The van der Waals surface area contributed by atoms with E-state index in [0.717, 1.165) is 24.1 Å². The predicted octanol–water partition coefficient (Wildman–Crippen LogP) is 8.76. The van der Waals surface area contributed by atoms with E-state index < -0.39 is 0 Å². The average Bonchev–Trinajstić information content (AvgIpc) is 3.29. The monoisotopic (exact) mass is 536 g/mol. The Kier molecular flexibility index (Phi) is 11.0. The molecule has 2 aromatic rings. The second-order valence-corrected chi connectivity index (χ2v) is 11.3. The first-order valence-electron chi connectivity index (χ1n) is 10.6. The van der Waals surface area contributed by atoms with Gasteiger partial charge in [0.15, 0.2) is 0 Å². The van der Waals surface area contributed by atoms with Gasteiger partial charge in [-0.2, -0.15) is 10.5 Å². The topological polar surface area (TPSA) is 47.6 Å². The fourth-order valence-corrected chi connectivity index (χ4v) is 6.63. The van der Waals surface area contributed by atoms with E-state index in [9.17, 15) is 10.5 Å². The van der Waals surface area contributed by atoms with Gasteiger partial charge in [0, 0.05) is 14.6 Å². The molecule has 0 unspecified atom stereocenters. The van der Waals surface area contributed by atoms with E-state index in [-0.39, 0.29) is 5.57 Å². The Bertz CT molecular complexity index is 877. The lowest BCUT2D eigenvalue weighted by Gasteiger charge is -2.02. The number of allylic oxidation sites excluding steroid dienone is 1. The molecule has 0 aliphatic rings. The fourth-order valence-electron chi connectivity index (χ4n) is 3.37. The van der Waals surface area contributed by atoms with Crippen LogP contribution in [0.1, 0.15) is 81.2 Å². The average molecular weight is 537 g/mol. The van der Waals surface area contributed by atoms with Crippen LogP contribution in [0.4, 0.5) is 0 Å². The van der Waals surface area contributed by atoms with Crippen molar-refractivity contribution in [3.63, 3.8) is 0 Å². The van der Waals surface area contributed by atoms with Crippen LogP contribution in [0.15, 0.2) is 17.7 Å². The number of thiophene rings is 2. The zero-order valence-electron chi connectivity index (χ0n) is 17.4. The lowest BCUT2D eigenvalue weighted by molar-refractivity contribution is 0.667. The number of unbranched alkanes of at least 4 members (excludes halogenated alkanes) is 6. The summed E-state index contributed by atoms with van der Waals surface area (Å²) < 4.78 is 1.33. The molecule has 0 saturated carbocycles. The molecule has 0 amide bonds. The van der Waals surface area contributed by atoms with Crippen molar-refractivity contribution in [2.24, 2.45) is 0 Å². The maximum Gasteiger partial charge on any atom is 0.131 e. The van der Waals surface area contributed by atoms with Gasteiger partial charge in [0.05, 0.1) is 2.88 Å². The van der Waals surface area contributed by atoms with E-state index in [4.69, 9.17) is 0 Å². The third kappa shape index (κ3) is 7.55. The second kappa shape index (κ2) is 13.2. The van der Waals surface area contributed by atoms with E-state index in [1.165, 1.54) is 68.7 Å². The molecular weight excluding hydrogens is 507 g/mol. The third-order valence-electron chi connectivity index (χ3n) is 4.96. The van der Waals surface area contributed by atoms with Crippen molar-refractivity contribution in [2.75, 3.05) is 0 Å². The number of aryl methyl sites for hydroxylation is 2. The molecule has 2 aromatic heterocycles. The van der Waals surface area contributed by atoms with Crippen LogP contribution >= 0.6 is 45.3 Å². The highest BCUT2D eigenvalue weighted by molar-refractivity contribution is 14.1. The minimum atomic E-state index is 0.189. The first-order valence-corrected chi connectivity index (χ1v) is 13.3. The van der Waals surface area contributed by atoms with Crippen molar-refractivity contribution in [1.29, 1.82) is 10.5 Å². The number of rotatable bonds is 12. The maximum absolute atomic E-state index is 9.20. The van der Waals surface area contributed by atoms with Gasteiger partial charge in [-0.3, -0.25) is 0 Å². The van der Waals surface area contributed by atoms with Crippen molar-refractivity contribution in [2.45, 2.75) is 78.1 Å². The van der Waals surface area contributed by atoms with E-state index in [1.807, 2.05) is 23.5 Å². The standard InChI is InChI=1S/C24H29IN2S2/c1-3-5-7-9-11-19-14-22(28-21(19)13-18(16-26)17-27)24-20(15-23(25)29-24)12-10-8-6-4-2/h13-15H,3-12H2,1-2H3. The van der Waals surface area contributed by atoms with Crippen molar-refractivity contribution < 1.29 is 0 Å². The van der Waals surface area contributed by atoms with Gasteiger partial charge in [-0.25, -0.2) is 0 Å². The van der Waals surface area contributed by atoms with E-state index in [0.29, 0.717) is 0 Å². The summed E-state index contributed by atoms with van der Waals surface area (Å²) in [5.41, 5.74) is 2.92. The minimum absolute atomic E-state index is 0.189. The molecule has 0 spiro atoms. The molecule has 0 N–H and O–H groups in total. The lowest BCUT2D eigenvalue weighted by Crippen LogP contribution is -1.87. The largest absolute Gasteiger partial charge is 0.192 e. The van der Waals surface area contributed by atoms with Crippen molar-refractivity contribution in [3.8, 4) is 21.9 Å². The van der Waals surface area contributed by atoms with Gasteiger partial charge in [0.25, 0.3) is 0 Å². The molecule has 2 nitrogen and oxygen atoms in total. The highest BCUT2D eigenvalue weighted by atomic mass is 127. The van der Waals surface area contributed by atoms with E-state index >= 15 is 0 Å². The van der Waals surface area contributed by atoms with Gasteiger partial charge >= 0.3 is 0 Å². The summed E-state index contributed by atoms with van der Waals surface area (Å²) in [5, 5.41) is 18.4. The zero-order chi connectivity index (χ0) is 21.1. The molecule has 2 heterocycles. The molecule has 29 heavy (non-hydrogen) atoms. The Labute approximate surface area is 197 Å². The Morgan fingerprint density at radius 1 is 0.897 bits per heavy atom. The molecule has 0 fully saturated rings. The molecule has 0 aromatic carbocycles. The highest BCUT2D eigenvalue weighted by Gasteiger charge is 2.15. The smallest absolute Gasteiger partial charge is 0.131 e. The third-order valence-corrected chi connectivity index (χ3v) is 8.20. The van der Waals surface area contributed by atoms with Gasteiger partial charge in [-0.15, -0.1) is 22.7 Å². The number of nitrogens with zero attached hydrogens (tertiary/aromatic N) is 2. The lowest BCUT2D eigenvalue weighted by atomic mass is 10.0. The number of halogens is 1. The first kappa shape index (κ1) is 24.1. The molecule has 0 radical (unpaired) electrons. The predicted molar refractivity (Wildman–Crippen MR) is 135 cm³/mol. The quantitative estimate of drug-likeness (QED) is 0.155. The second-order valence-electron chi connectivity index (χ2n) is 7.31. The van der Waals surface area contributed by atoms with E-state index in [1.54, 1.807) is 17.4 Å². The molecule has 0 saturated heterocycles. The summed E-state index contributed by atoms with van der Waals surface area (Å²) in [6.07, 6.45) is 13.9. The van der Waals surface area contributed by atoms with Crippen LogP contribution in [-0.2, 0) is 12.8 Å². The Morgan fingerprint density at radius 3 is 2.10 bits per heavy atom. The summed E-state index contributed by atoms with van der Waals surface area (Å²) in [7, 11) is 0. The molecule has 154 valence electrons. The maximum atomic E-state index is 9.20. The number of nitriles is 2. The fraction of sp³-hybridized carbons (Fsp3) is 0.500. The van der Waals surface area contributed by atoms with Crippen molar-refractivity contribution in [3.05, 3.63) is 36.6 Å². The zero-order valence-corrected chi connectivity index (χ0v) is 21.2. The van der Waals surface area contributed by atoms with Crippen LogP contribution in [0, 0.1) is 25.5 Å². The van der Waals surface area contributed by atoms with Crippen LogP contribution in [-0.4, -0.2) is 0 Å². The molecule has 0 aliphatic heterocycles. The summed E-state index contributed by atoms with van der Waals surface area (Å²) in [6.45, 7) is 4.47. The first-order chi connectivity index (χ1) is 14.1.